The second-order valence-electron chi connectivity index (χ2n) is 2.42. The summed E-state index contributed by atoms with van der Waals surface area (Å²) in [6.45, 7) is 0. The van der Waals surface area contributed by atoms with Crippen molar-refractivity contribution in [2.75, 3.05) is 18.7 Å². The molecule has 0 radical (unpaired) electrons. The van der Waals surface area contributed by atoms with Crippen LogP contribution in [0.15, 0.2) is 6.20 Å². The average Bonchev–Trinajstić information content (AvgIpc) is 2.27. The van der Waals surface area contributed by atoms with Gasteiger partial charge in [-0.1, -0.05) is 5.92 Å². The summed E-state index contributed by atoms with van der Waals surface area (Å²) in [4.78, 5) is 18.8. The number of hydrogen-bond donors (Lipinski definition) is 1. The van der Waals surface area contributed by atoms with E-state index in [-0.39, 0.29) is 17.4 Å². The predicted octanol–water partition coefficient (Wildman–Crippen LogP) is 0.436. The van der Waals surface area contributed by atoms with Crippen LogP contribution in [0.1, 0.15) is 16.2 Å². The summed E-state index contributed by atoms with van der Waals surface area (Å²) in [5.74, 6) is 4.76. The Morgan fingerprint density at radius 2 is 2.47 bits per heavy atom. The molecule has 1 aromatic rings. The predicted molar refractivity (Wildman–Crippen MR) is 55.4 cm³/mol. The van der Waals surface area contributed by atoms with Gasteiger partial charge >= 0.3 is 5.97 Å². The highest BCUT2D eigenvalue weighted by atomic mass is 35.5. The van der Waals surface area contributed by atoms with E-state index in [1.165, 1.54) is 13.3 Å². The maximum atomic E-state index is 11.2. The van der Waals surface area contributed by atoms with Gasteiger partial charge in [0.15, 0.2) is 11.5 Å². The number of hydrogen-bond acceptors (Lipinski definition) is 5. The summed E-state index contributed by atoms with van der Waals surface area (Å²) in [6, 6.07) is 0. The quantitative estimate of drug-likeness (QED) is 0.426. The zero-order valence-electron chi connectivity index (χ0n) is 7.95. The molecule has 0 fully saturated rings. The Labute approximate surface area is 91.6 Å². The Morgan fingerprint density at radius 1 is 1.73 bits per heavy atom. The number of carbonyl (C=O) groups excluding carboxylic acids is 1. The van der Waals surface area contributed by atoms with Crippen molar-refractivity contribution >= 4 is 23.4 Å². The third-order valence-corrected chi connectivity index (χ3v) is 1.60. The van der Waals surface area contributed by atoms with Gasteiger partial charge in [0.1, 0.15) is 5.69 Å². The first kappa shape index (κ1) is 11.3. The van der Waals surface area contributed by atoms with Crippen LogP contribution in [0.3, 0.4) is 0 Å². The first-order valence-corrected chi connectivity index (χ1v) is 4.48. The molecule has 0 saturated heterocycles. The van der Waals surface area contributed by atoms with Crippen molar-refractivity contribution in [2.45, 2.75) is 0 Å². The fraction of sp³-hybridized carbons (Fsp3) is 0.222. The maximum Gasteiger partial charge on any atom is 0.360 e. The van der Waals surface area contributed by atoms with Crippen LogP contribution in [0.4, 0.5) is 5.82 Å². The third kappa shape index (κ3) is 2.82. The van der Waals surface area contributed by atoms with Crippen molar-refractivity contribution in [3.05, 3.63) is 17.6 Å². The lowest BCUT2D eigenvalue weighted by Crippen LogP contribution is -2.10. The molecule has 0 bridgehead atoms. The molecule has 1 rings (SSSR count). The summed E-state index contributed by atoms with van der Waals surface area (Å²) in [6.07, 6.45) is 1.36. The van der Waals surface area contributed by atoms with Crippen molar-refractivity contribution in [3.63, 3.8) is 0 Å². The minimum absolute atomic E-state index is 0.0123. The van der Waals surface area contributed by atoms with Crippen LogP contribution in [-0.4, -0.2) is 28.9 Å². The number of esters is 1. The Bertz CT molecular complexity index is 437. The molecule has 0 aliphatic heterocycles. The standard InChI is InChI=1S/C9H8ClN3O2/c1-15-9(14)7-8(11)12-5-6(13-7)3-2-4-10/h5H,4H2,1H3,(H2,11,12). The fourth-order valence-electron chi connectivity index (χ4n) is 0.830. The second kappa shape index (κ2) is 5.17. The normalized spacial score (nSPS) is 8.93. The number of ether oxygens (including phenoxy) is 1. The van der Waals surface area contributed by atoms with Crippen molar-refractivity contribution in [1.82, 2.24) is 9.97 Å². The Morgan fingerprint density at radius 3 is 3.07 bits per heavy atom. The summed E-state index contributed by atoms with van der Waals surface area (Å²) in [5.41, 5.74) is 5.73. The average molecular weight is 226 g/mol. The highest BCUT2D eigenvalue weighted by Gasteiger charge is 2.13. The Kier molecular flexibility index (Phi) is 3.89. The number of nitrogen functional groups attached to an aromatic ring is 1. The molecule has 6 heteroatoms. The van der Waals surface area contributed by atoms with Gasteiger partial charge in [-0.05, 0) is 5.92 Å². The molecular weight excluding hydrogens is 218 g/mol. The zero-order chi connectivity index (χ0) is 11.3. The first-order valence-electron chi connectivity index (χ1n) is 3.94. The molecule has 0 unspecified atom stereocenters. The van der Waals surface area contributed by atoms with Gasteiger partial charge in [-0.2, -0.15) is 0 Å². The molecule has 0 atom stereocenters. The minimum atomic E-state index is -0.644. The molecule has 5 nitrogen and oxygen atoms in total. The van der Waals surface area contributed by atoms with Crippen molar-refractivity contribution in [1.29, 1.82) is 0 Å². The van der Waals surface area contributed by atoms with Crippen LogP contribution in [0.2, 0.25) is 0 Å². The maximum absolute atomic E-state index is 11.2. The van der Waals surface area contributed by atoms with Crippen LogP contribution in [-0.2, 0) is 4.74 Å². The number of nitrogens with two attached hydrogens (primary N) is 1. The van der Waals surface area contributed by atoms with E-state index >= 15 is 0 Å². The van der Waals surface area contributed by atoms with Crippen molar-refractivity contribution in [3.8, 4) is 11.8 Å². The lowest BCUT2D eigenvalue weighted by molar-refractivity contribution is 0.0595. The number of aromatic nitrogens is 2. The number of rotatable bonds is 1. The number of halogens is 1. The molecule has 0 aromatic carbocycles. The molecule has 0 aliphatic carbocycles. The van der Waals surface area contributed by atoms with Crippen LogP contribution in [0, 0.1) is 11.8 Å². The number of carbonyl (C=O) groups is 1. The van der Waals surface area contributed by atoms with E-state index in [4.69, 9.17) is 17.3 Å². The van der Waals surface area contributed by atoms with Gasteiger partial charge < -0.3 is 10.5 Å². The number of nitrogens with zero attached hydrogens (tertiary/aromatic N) is 2. The van der Waals surface area contributed by atoms with E-state index in [1.807, 2.05) is 0 Å². The molecule has 0 aliphatic rings. The first-order chi connectivity index (χ1) is 7.19. The van der Waals surface area contributed by atoms with Crippen LogP contribution >= 0.6 is 11.6 Å². The van der Waals surface area contributed by atoms with Crippen LogP contribution in [0.5, 0.6) is 0 Å². The van der Waals surface area contributed by atoms with E-state index in [1.54, 1.807) is 0 Å². The molecular formula is C9H8ClN3O2. The van der Waals surface area contributed by atoms with E-state index in [0.717, 1.165) is 0 Å². The van der Waals surface area contributed by atoms with Crippen molar-refractivity contribution < 1.29 is 9.53 Å². The van der Waals surface area contributed by atoms with E-state index in [2.05, 4.69) is 26.5 Å². The van der Waals surface area contributed by atoms with E-state index in [0.29, 0.717) is 5.69 Å². The van der Waals surface area contributed by atoms with E-state index < -0.39 is 5.97 Å². The van der Waals surface area contributed by atoms with Crippen LogP contribution < -0.4 is 5.73 Å². The fourth-order valence-corrected chi connectivity index (χ4v) is 0.896. The van der Waals surface area contributed by atoms with Gasteiger partial charge in [0.05, 0.1) is 19.2 Å². The third-order valence-electron chi connectivity index (χ3n) is 1.46. The Balaban J connectivity index is 3.10. The second-order valence-corrected chi connectivity index (χ2v) is 2.68. The van der Waals surface area contributed by atoms with E-state index in [9.17, 15) is 4.79 Å². The lowest BCUT2D eigenvalue weighted by atomic mass is 10.3. The number of alkyl halides is 1. The molecule has 0 spiro atoms. The molecule has 1 heterocycles. The molecule has 1 aromatic heterocycles. The largest absolute Gasteiger partial charge is 0.464 e. The molecule has 0 saturated carbocycles. The van der Waals surface area contributed by atoms with Gasteiger partial charge in [0.2, 0.25) is 0 Å². The van der Waals surface area contributed by atoms with Gasteiger partial charge in [-0.15, -0.1) is 11.6 Å². The topological polar surface area (TPSA) is 78.1 Å². The SMILES string of the molecule is COC(=O)c1nc(C#CCCl)cnc1N. The molecule has 2 N–H and O–H groups in total. The van der Waals surface area contributed by atoms with Gasteiger partial charge in [-0.3, -0.25) is 0 Å². The molecule has 15 heavy (non-hydrogen) atoms. The lowest BCUT2D eigenvalue weighted by Gasteiger charge is -2.01. The molecule has 78 valence electrons. The summed E-state index contributed by atoms with van der Waals surface area (Å²) in [7, 11) is 1.24. The number of anilines is 1. The highest BCUT2D eigenvalue weighted by Crippen LogP contribution is 2.06. The number of methoxy groups -OCH3 is 1. The summed E-state index contributed by atoms with van der Waals surface area (Å²) in [5, 5.41) is 0. The monoisotopic (exact) mass is 225 g/mol. The Hall–Kier alpha value is -1.80. The van der Waals surface area contributed by atoms with Gasteiger partial charge in [-0.25, -0.2) is 14.8 Å². The summed E-state index contributed by atoms with van der Waals surface area (Å²) < 4.78 is 4.48. The molecule has 0 amide bonds. The van der Waals surface area contributed by atoms with Crippen molar-refractivity contribution in [2.24, 2.45) is 0 Å². The zero-order valence-corrected chi connectivity index (χ0v) is 8.71. The highest BCUT2D eigenvalue weighted by molar-refractivity contribution is 6.19. The van der Waals surface area contributed by atoms with Gasteiger partial charge in [0, 0.05) is 0 Å². The minimum Gasteiger partial charge on any atom is -0.464 e. The van der Waals surface area contributed by atoms with Gasteiger partial charge in [0.25, 0.3) is 0 Å². The van der Waals surface area contributed by atoms with Crippen LogP contribution in [0.25, 0.3) is 0 Å². The smallest absolute Gasteiger partial charge is 0.360 e. The summed E-state index contributed by atoms with van der Waals surface area (Å²) >= 11 is 5.37.